The standard InChI is InChI=1S/C21H27N3O4S/c1-4-21(26)23-17-6-8-20(14(2)11-17)29(27,28)22-13-19(25)16-5-7-18-15(12-16)9-10-24(18)3/h5-8,11-12,19,22,25H,4,9-10,13H2,1-3H3,(H,23,26). The van der Waals surface area contributed by atoms with E-state index in [4.69, 9.17) is 0 Å². The summed E-state index contributed by atoms with van der Waals surface area (Å²) in [7, 11) is -1.77. The van der Waals surface area contributed by atoms with Crippen molar-refractivity contribution in [1.82, 2.24) is 4.72 Å². The SMILES string of the molecule is CCC(=O)Nc1ccc(S(=O)(=O)NCC(O)c2ccc3c(c2)CCN3C)c(C)c1. The lowest BCUT2D eigenvalue weighted by atomic mass is 10.0. The van der Waals surface area contributed by atoms with Gasteiger partial charge in [0.2, 0.25) is 15.9 Å². The number of hydrogen-bond donors (Lipinski definition) is 3. The highest BCUT2D eigenvalue weighted by Gasteiger charge is 2.21. The zero-order valence-corrected chi connectivity index (χ0v) is 17.7. The summed E-state index contributed by atoms with van der Waals surface area (Å²) < 4.78 is 27.9. The van der Waals surface area contributed by atoms with Crippen molar-refractivity contribution in [3.05, 3.63) is 53.1 Å². The van der Waals surface area contributed by atoms with E-state index >= 15 is 0 Å². The van der Waals surface area contributed by atoms with Crippen molar-refractivity contribution >= 4 is 27.3 Å². The molecule has 0 spiro atoms. The Morgan fingerprint density at radius 1 is 1.24 bits per heavy atom. The molecule has 3 rings (SSSR count). The molecule has 0 radical (unpaired) electrons. The van der Waals surface area contributed by atoms with Gasteiger partial charge >= 0.3 is 0 Å². The topological polar surface area (TPSA) is 98.7 Å². The first-order chi connectivity index (χ1) is 13.7. The van der Waals surface area contributed by atoms with Crippen LogP contribution in [0.1, 0.15) is 36.1 Å². The van der Waals surface area contributed by atoms with Crippen molar-refractivity contribution in [3.8, 4) is 0 Å². The molecule has 1 aliphatic rings. The average Bonchev–Trinajstić information content (AvgIpc) is 3.06. The van der Waals surface area contributed by atoms with Crippen molar-refractivity contribution in [2.45, 2.75) is 37.7 Å². The van der Waals surface area contributed by atoms with Crippen LogP contribution in [0, 0.1) is 6.92 Å². The van der Waals surface area contributed by atoms with Gasteiger partial charge in [0.1, 0.15) is 0 Å². The van der Waals surface area contributed by atoms with E-state index in [1.165, 1.54) is 6.07 Å². The minimum absolute atomic E-state index is 0.120. The van der Waals surface area contributed by atoms with E-state index in [1.807, 2.05) is 25.2 Å². The molecule has 29 heavy (non-hydrogen) atoms. The Bertz CT molecular complexity index is 1020. The highest BCUT2D eigenvalue weighted by molar-refractivity contribution is 7.89. The fourth-order valence-corrected chi connectivity index (χ4v) is 4.72. The summed E-state index contributed by atoms with van der Waals surface area (Å²) in [6.07, 6.45) is 0.319. The molecule has 1 aliphatic heterocycles. The number of aliphatic hydroxyl groups excluding tert-OH is 1. The highest BCUT2D eigenvalue weighted by atomic mass is 32.2. The largest absolute Gasteiger partial charge is 0.387 e. The summed E-state index contributed by atoms with van der Waals surface area (Å²) in [6.45, 7) is 4.24. The smallest absolute Gasteiger partial charge is 0.240 e. The molecule has 0 aromatic heterocycles. The molecule has 8 heteroatoms. The van der Waals surface area contributed by atoms with Gasteiger partial charge in [-0.15, -0.1) is 0 Å². The number of rotatable bonds is 7. The lowest BCUT2D eigenvalue weighted by molar-refractivity contribution is -0.115. The van der Waals surface area contributed by atoms with Gasteiger partial charge in [0.25, 0.3) is 0 Å². The second-order valence-electron chi connectivity index (χ2n) is 7.31. The number of aliphatic hydroxyl groups is 1. The number of nitrogens with zero attached hydrogens (tertiary/aromatic N) is 1. The van der Waals surface area contributed by atoms with Gasteiger partial charge < -0.3 is 15.3 Å². The summed E-state index contributed by atoms with van der Waals surface area (Å²) in [5, 5.41) is 13.2. The number of benzene rings is 2. The molecule has 0 aliphatic carbocycles. The molecule has 3 N–H and O–H groups in total. The molecule has 7 nitrogen and oxygen atoms in total. The molecule has 156 valence electrons. The maximum absolute atomic E-state index is 12.7. The molecule has 0 saturated heterocycles. The van der Waals surface area contributed by atoms with E-state index in [1.54, 1.807) is 26.0 Å². The van der Waals surface area contributed by atoms with Crippen LogP contribution < -0.4 is 14.9 Å². The average molecular weight is 418 g/mol. The number of aryl methyl sites for hydroxylation is 1. The molecule has 2 aromatic carbocycles. The zero-order valence-electron chi connectivity index (χ0n) is 16.9. The van der Waals surface area contributed by atoms with Gasteiger partial charge in [-0.2, -0.15) is 0 Å². The number of likely N-dealkylation sites (N-methyl/N-ethyl adjacent to an activating group) is 1. The lowest BCUT2D eigenvalue weighted by Gasteiger charge is -2.16. The number of amides is 1. The van der Waals surface area contributed by atoms with E-state index in [0.717, 1.165) is 24.2 Å². The number of fused-ring (bicyclic) bond motifs is 1. The third-order valence-electron chi connectivity index (χ3n) is 5.15. The normalized spacial score (nSPS) is 14.6. The third kappa shape index (κ3) is 4.77. The maximum Gasteiger partial charge on any atom is 0.240 e. The van der Waals surface area contributed by atoms with E-state index in [-0.39, 0.29) is 17.3 Å². The van der Waals surface area contributed by atoms with Crippen molar-refractivity contribution in [2.24, 2.45) is 0 Å². The number of hydrogen-bond acceptors (Lipinski definition) is 5. The van der Waals surface area contributed by atoms with Gasteiger partial charge in [-0.05, 0) is 54.3 Å². The Morgan fingerprint density at radius 3 is 2.69 bits per heavy atom. The Balaban J connectivity index is 1.69. The maximum atomic E-state index is 12.7. The van der Waals surface area contributed by atoms with Gasteiger partial charge in [0, 0.05) is 37.9 Å². The number of anilines is 2. The van der Waals surface area contributed by atoms with Gasteiger partial charge in [-0.25, -0.2) is 13.1 Å². The van der Waals surface area contributed by atoms with E-state index in [9.17, 15) is 18.3 Å². The highest BCUT2D eigenvalue weighted by Crippen LogP contribution is 2.29. The Kier molecular flexibility index (Phi) is 6.26. The molecule has 1 amide bonds. The first-order valence-electron chi connectivity index (χ1n) is 9.63. The summed E-state index contributed by atoms with van der Waals surface area (Å²) in [4.78, 5) is 13.8. The van der Waals surface area contributed by atoms with Crippen LogP contribution in [0.2, 0.25) is 0 Å². The molecular weight excluding hydrogens is 390 g/mol. The lowest BCUT2D eigenvalue weighted by Crippen LogP contribution is -2.29. The second-order valence-corrected chi connectivity index (χ2v) is 9.04. The Hall–Kier alpha value is -2.42. The minimum atomic E-state index is -3.80. The number of carbonyl (C=O) groups is 1. The van der Waals surface area contributed by atoms with Crippen LogP contribution in [0.5, 0.6) is 0 Å². The Morgan fingerprint density at radius 2 is 2.00 bits per heavy atom. The van der Waals surface area contributed by atoms with Gasteiger partial charge in [-0.3, -0.25) is 4.79 Å². The molecule has 1 unspecified atom stereocenters. The van der Waals surface area contributed by atoms with Crippen LogP contribution in [-0.4, -0.2) is 39.6 Å². The van der Waals surface area contributed by atoms with Crippen molar-refractivity contribution in [1.29, 1.82) is 0 Å². The quantitative estimate of drug-likeness (QED) is 0.642. The number of carbonyl (C=O) groups excluding carboxylic acids is 1. The van der Waals surface area contributed by atoms with Crippen molar-refractivity contribution < 1.29 is 18.3 Å². The van der Waals surface area contributed by atoms with Crippen LogP contribution >= 0.6 is 0 Å². The van der Waals surface area contributed by atoms with Crippen LogP contribution in [-0.2, 0) is 21.2 Å². The van der Waals surface area contributed by atoms with Crippen LogP contribution in [0.15, 0.2) is 41.3 Å². The van der Waals surface area contributed by atoms with E-state index in [2.05, 4.69) is 14.9 Å². The van der Waals surface area contributed by atoms with Crippen LogP contribution in [0.3, 0.4) is 0 Å². The van der Waals surface area contributed by atoms with Crippen LogP contribution in [0.25, 0.3) is 0 Å². The van der Waals surface area contributed by atoms with Gasteiger partial charge in [0.15, 0.2) is 0 Å². The predicted molar refractivity (Wildman–Crippen MR) is 114 cm³/mol. The summed E-state index contributed by atoms with van der Waals surface area (Å²) in [6, 6.07) is 10.4. The molecule has 2 aromatic rings. The summed E-state index contributed by atoms with van der Waals surface area (Å²) in [5.41, 5.74) is 4.06. The van der Waals surface area contributed by atoms with Crippen LogP contribution in [0.4, 0.5) is 11.4 Å². The summed E-state index contributed by atoms with van der Waals surface area (Å²) >= 11 is 0. The van der Waals surface area contributed by atoms with Gasteiger partial charge in [-0.1, -0.05) is 19.1 Å². The monoisotopic (exact) mass is 417 g/mol. The fourth-order valence-electron chi connectivity index (χ4n) is 3.46. The molecule has 0 fully saturated rings. The predicted octanol–water partition coefficient (Wildman–Crippen LogP) is 2.35. The summed E-state index contributed by atoms with van der Waals surface area (Å²) in [5.74, 6) is -0.137. The molecule has 0 saturated carbocycles. The molecule has 1 heterocycles. The van der Waals surface area contributed by atoms with E-state index < -0.39 is 16.1 Å². The first-order valence-corrected chi connectivity index (χ1v) is 11.1. The third-order valence-corrected chi connectivity index (χ3v) is 6.74. The first kappa shape index (κ1) is 21.3. The van der Waals surface area contributed by atoms with Crippen molar-refractivity contribution in [2.75, 3.05) is 30.4 Å². The molecule has 0 bridgehead atoms. The Labute approximate surface area is 171 Å². The zero-order chi connectivity index (χ0) is 21.2. The second kappa shape index (κ2) is 8.52. The number of nitrogens with one attached hydrogen (secondary N) is 2. The van der Waals surface area contributed by atoms with E-state index in [0.29, 0.717) is 23.2 Å². The van der Waals surface area contributed by atoms with Crippen molar-refractivity contribution in [3.63, 3.8) is 0 Å². The number of sulfonamides is 1. The molecule has 1 atom stereocenters. The molecular formula is C21H27N3O4S. The fraction of sp³-hybridized carbons (Fsp3) is 0.381. The van der Waals surface area contributed by atoms with Gasteiger partial charge in [0.05, 0.1) is 11.0 Å². The minimum Gasteiger partial charge on any atom is -0.387 e.